The average Bonchev–Trinajstić information content (AvgIpc) is 3.15. The fraction of sp³-hybridized carbons (Fsp3) is 0.125. The van der Waals surface area contributed by atoms with Gasteiger partial charge in [0.05, 0.1) is 34.0 Å². The number of hydrogen-bond acceptors (Lipinski definition) is 5. The first kappa shape index (κ1) is 21.1. The monoisotopic (exact) mass is 455 g/mol. The summed E-state index contributed by atoms with van der Waals surface area (Å²) in [5.41, 5.74) is 3.83. The van der Waals surface area contributed by atoms with Crippen LogP contribution in [0.15, 0.2) is 65.2 Å². The minimum atomic E-state index is 0.0255. The molecule has 0 aliphatic rings. The van der Waals surface area contributed by atoms with Crippen molar-refractivity contribution in [2.75, 3.05) is 7.11 Å². The van der Waals surface area contributed by atoms with Crippen LogP contribution in [0.25, 0.3) is 22.5 Å². The molecule has 0 aliphatic carbocycles. The van der Waals surface area contributed by atoms with Crippen LogP contribution < -0.4 is 9.47 Å². The van der Waals surface area contributed by atoms with Gasteiger partial charge < -0.3 is 19.1 Å². The van der Waals surface area contributed by atoms with Gasteiger partial charge in [0, 0.05) is 6.07 Å². The summed E-state index contributed by atoms with van der Waals surface area (Å²) < 4.78 is 16.6. The molecular weight excluding hydrogens is 437 g/mol. The standard InChI is InChI=1S/C24H19Cl2NO4/c1-14-23(16-4-6-17(29-2)7-5-16)24(31-27-14)19-9-8-18(12-22(19)28)30-13-15-3-10-20(25)21(26)11-15/h3-12,28H,13H2,1-2H3. The third kappa shape index (κ3) is 4.48. The minimum absolute atomic E-state index is 0.0255. The summed E-state index contributed by atoms with van der Waals surface area (Å²) >= 11 is 12.0. The lowest BCUT2D eigenvalue weighted by molar-refractivity contribution is 0.304. The number of halogens is 2. The molecule has 0 amide bonds. The lowest BCUT2D eigenvalue weighted by Gasteiger charge is -2.10. The highest BCUT2D eigenvalue weighted by Crippen LogP contribution is 2.40. The van der Waals surface area contributed by atoms with Crippen molar-refractivity contribution in [3.63, 3.8) is 0 Å². The summed E-state index contributed by atoms with van der Waals surface area (Å²) in [5, 5.41) is 15.7. The SMILES string of the molecule is COc1ccc(-c2c(C)noc2-c2ccc(OCc3ccc(Cl)c(Cl)c3)cc2O)cc1. The molecule has 7 heteroatoms. The Morgan fingerprint density at radius 2 is 1.68 bits per heavy atom. The van der Waals surface area contributed by atoms with Crippen LogP contribution in [-0.4, -0.2) is 17.4 Å². The van der Waals surface area contributed by atoms with Gasteiger partial charge in [0.25, 0.3) is 0 Å². The third-order valence-electron chi connectivity index (χ3n) is 4.84. The first-order valence-electron chi connectivity index (χ1n) is 9.47. The van der Waals surface area contributed by atoms with Crippen LogP contribution in [0.5, 0.6) is 17.2 Å². The highest BCUT2D eigenvalue weighted by molar-refractivity contribution is 6.42. The Kier molecular flexibility index (Phi) is 6.07. The first-order valence-corrected chi connectivity index (χ1v) is 10.2. The predicted octanol–water partition coefficient (Wildman–Crippen LogP) is 6.92. The second-order valence-electron chi connectivity index (χ2n) is 6.92. The zero-order chi connectivity index (χ0) is 22.0. The number of methoxy groups -OCH3 is 1. The molecule has 158 valence electrons. The zero-order valence-corrected chi connectivity index (χ0v) is 18.4. The van der Waals surface area contributed by atoms with Crippen LogP contribution >= 0.6 is 23.2 Å². The Morgan fingerprint density at radius 1 is 0.935 bits per heavy atom. The van der Waals surface area contributed by atoms with Gasteiger partial charge >= 0.3 is 0 Å². The molecule has 4 rings (SSSR count). The number of nitrogens with zero attached hydrogens (tertiary/aromatic N) is 1. The Morgan fingerprint density at radius 3 is 2.35 bits per heavy atom. The van der Waals surface area contributed by atoms with Gasteiger partial charge in [0.2, 0.25) is 0 Å². The van der Waals surface area contributed by atoms with Gasteiger partial charge in [-0.15, -0.1) is 0 Å². The highest BCUT2D eigenvalue weighted by atomic mass is 35.5. The predicted molar refractivity (Wildman–Crippen MR) is 121 cm³/mol. The molecule has 31 heavy (non-hydrogen) atoms. The second-order valence-corrected chi connectivity index (χ2v) is 7.73. The topological polar surface area (TPSA) is 64.7 Å². The van der Waals surface area contributed by atoms with E-state index in [-0.39, 0.29) is 12.4 Å². The molecule has 4 aromatic rings. The van der Waals surface area contributed by atoms with Crippen molar-refractivity contribution in [1.29, 1.82) is 0 Å². The number of aryl methyl sites for hydroxylation is 1. The Labute approximate surface area is 189 Å². The van der Waals surface area contributed by atoms with Crippen LogP contribution in [0.3, 0.4) is 0 Å². The third-order valence-corrected chi connectivity index (χ3v) is 5.58. The number of aromatic nitrogens is 1. The normalized spacial score (nSPS) is 10.8. The summed E-state index contributed by atoms with van der Waals surface area (Å²) in [6, 6.07) is 17.9. The zero-order valence-electron chi connectivity index (χ0n) is 16.9. The Balaban J connectivity index is 1.59. The number of benzene rings is 3. The molecule has 0 saturated carbocycles. The molecule has 0 fully saturated rings. The van der Waals surface area contributed by atoms with E-state index in [1.807, 2.05) is 37.3 Å². The van der Waals surface area contributed by atoms with Gasteiger partial charge in [0.1, 0.15) is 23.9 Å². The molecule has 3 aromatic carbocycles. The van der Waals surface area contributed by atoms with Crippen molar-refractivity contribution in [3.8, 4) is 39.7 Å². The fourth-order valence-electron chi connectivity index (χ4n) is 3.24. The van der Waals surface area contributed by atoms with E-state index in [2.05, 4.69) is 5.16 Å². The van der Waals surface area contributed by atoms with E-state index in [4.69, 9.17) is 37.2 Å². The molecule has 0 radical (unpaired) electrons. The summed E-state index contributed by atoms with van der Waals surface area (Å²) in [7, 11) is 1.62. The van der Waals surface area contributed by atoms with Crippen LogP contribution in [0.1, 0.15) is 11.3 Å². The van der Waals surface area contributed by atoms with E-state index in [0.717, 1.165) is 28.1 Å². The number of rotatable bonds is 6. The average molecular weight is 456 g/mol. The smallest absolute Gasteiger partial charge is 0.178 e. The maximum absolute atomic E-state index is 10.7. The van der Waals surface area contributed by atoms with E-state index >= 15 is 0 Å². The Bertz CT molecular complexity index is 1220. The molecule has 0 atom stereocenters. The number of phenolic OH excluding ortho intramolecular Hbond substituents is 1. The molecule has 1 heterocycles. The van der Waals surface area contributed by atoms with E-state index in [1.54, 1.807) is 37.4 Å². The number of phenols is 1. The molecule has 0 bridgehead atoms. The number of aromatic hydroxyl groups is 1. The van der Waals surface area contributed by atoms with Crippen molar-refractivity contribution in [1.82, 2.24) is 5.16 Å². The van der Waals surface area contributed by atoms with Crippen LogP contribution in [0.2, 0.25) is 10.0 Å². The van der Waals surface area contributed by atoms with Crippen molar-refractivity contribution >= 4 is 23.2 Å². The summed E-state index contributed by atoms with van der Waals surface area (Å²) in [6.07, 6.45) is 0. The molecule has 1 aromatic heterocycles. The van der Waals surface area contributed by atoms with E-state index in [0.29, 0.717) is 27.1 Å². The first-order chi connectivity index (χ1) is 15.0. The number of hydrogen-bond donors (Lipinski definition) is 1. The van der Waals surface area contributed by atoms with Gasteiger partial charge in [-0.3, -0.25) is 0 Å². The molecule has 0 saturated heterocycles. The maximum Gasteiger partial charge on any atom is 0.178 e. The highest BCUT2D eigenvalue weighted by Gasteiger charge is 2.20. The van der Waals surface area contributed by atoms with Crippen LogP contribution in [0.4, 0.5) is 0 Å². The quantitative estimate of drug-likeness (QED) is 0.341. The molecule has 0 aliphatic heterocycles. The summed E-state index contributed by atoms with van der Waals surface area (Å²) in [4.78, 5) is 0. The van der Waals surface area contributed by atoms with Gasteiger partial charge in [-0.2, -0.15) is 0 Å². The van der Waals surface area contributed by atoms with E-state index < -0.39 is 0 Å². The van der Waals surface area contributed by atoms with Crippen molar-refractivity contribution < 1.29 is 19.1 Å². The summed E-state index contributed by atoms with van der Waals surface area (Å²) in [6.45, 7) is 2.15. The maximum atomic E-state index is 10.7. The molecule has 5 nitrogen and oxygen atoms in total. The summed E-state index contributed by atoms with van der Waals surface area (Å²) in [5.74, 6) is 1.77. The molecule has 1 N–H and O–H groups in total. The van der Waals surface area contributed by atoms with Crippen molar-refractivity contribution in [3.05, 3.63) is 82.0 Å². The Hall–Kier alpha value is -3.15. The lowest BCUT2D eigenvalue weighted by Crippen LogP contribution is -1.95. The number of ether oxygens (including phenoxy) is 2. The van der Waals surface area contributed by atoms with Gasteiger partial charge in [0.15, 0.2) is 5.76 Å². The molecular formula is C24H19Cl2NO4. The fourth-order valence-corrected chi connectivity index (χ4v) is 3.56. The van der Waals surface area contributed by atoms with E-state index in [1.165, 1.54) is 0 Å². The molecule has 0 unspecified atom stereocenters. The van der Waals surface area contributed by atoms with Crippen molar-refractivity contribution in [2.45, 2.75) is 13.5 Å². The second kappa shape index (κ2) is 8.92. The van der Waals surface area contributed by atoms with Gasteiger partial charge in [-0.05, 0) is 54.4 Å². The lowest BCUT2D eigenvalue weighted by atomic mass is 9.99. The van der Waals surface area contributed by atoms with Crippen LogP contribution in [0, 0.1) is 6.92 Å². The molecule has 0 spiro atoms. The van der Waals surface area contributed by atoms with E-state index in [9.17, 15) is 5.11 Å². The minimum Gasteiger partial charge on any atom is -0.507 e. The van der Waals surface area contributed by atoms with Gasteiger partial charge in [-0.1, -0.05) is 46.6 Å². The van der Waals surface area contributed by atoms with Gasteiger partial charge in [-0.25, -0.2) is 0 Å². The van der Waals surface area contributed by atoms with Crippen molar-refractivity contribution in [2.24, 2.45) is 0 Å². The largest absolute Gasteiger partial charge is 0.507 e. The van der Waals surface area contributed by atoms with Crippen LogP contribution in [-0.2, 0) is 6.61 Å².